The van der Waals surface area contributed by atoms with E-state index < -0.39 is 0 Å². The Kier molecular flexibility index (Phi) is 4.71. The van der Waals surface area contributed by atoms with Crippen molar-refractivity contribution in [1.29, 1.82) is 0 Å². The van der Waals surface area contributed by atoms with Gasteiger partial charge in [0.2, 0.25) is 0 Å². The van der Waals surface area contributed by atoms with Crippen molar-refractivity contribution >= 4 is 0 Å². The summed E-state index contributed by atoms with van der Waals surface area (Å²) in [6, 6.07) is 0.665. The van der Waals surface area contributed by atoms with Crippen LogP contribution >= 0.6 is 0 Å². The van der Waals surface area contributed by atoms with E-state index in [1.54, 1.807) is 0 Å². The zero-order chi connectivity index (χ0) is 13.2. The topological polar surface area (TPSA) is 32.3 Å². The van der Waals surface area contributed by atoms with Crippen LogP contribution < -0.4 is 5.32 Å². The van der Waals surface area contributed by atoms with Crippen molar-refractivity contribution in [3.05, 3.63) is 0 Å². The van der Waals surface area contributed by atoms with E-state index >= 15 is 0 Å². The van der Waals surface area contributed by atoms with E-state index in [-0.39, 0.29) is 6.10 Å². The molecule has 0 aromatic carbocycles. The summed E-state index contributed by atoms with van der Waals surface area (Å²) in [6.45, 7) is 8.19. The molecule has 0 radical (unpaired) electrons. The van der Waals surface area contributed by atoms with Crippen LogP contribution in [-0.2, 0) is 0 Å². The summed E-state index contributed by atoms with van der Waals surface area (Å²) in [7, 11) is 0. The highest BCUT2D eigenvalue weighted by Gasteiger charge is 2.32. The van der Waals surface area contributed by atoms with Gasteiger partial charge >= 0.3 is 0 Å². The van der Waals surface area contributed by atoms with Crippen molar-refractivity contribution in [2.75, 3.05) is 6.54 Å². The first kappa shape index (κ1) is 14.3. The molecule has 2 aliphatic rings. The lowest BCUT2D eigenvalue weighted by Crippen LogP contribution is -2.44. The maximum atomic E-state index is 10.0. The molecular weight excluding hydrogens is 222 g/mol. The Balaban J connectivity index is 1.78. The number of rotatable bonds is 3. The number of hydrogen-bond donors (Lipinski definition) is 2. The molecule has 2 aliphatic carbocycles. The average molecular weight is 253 g/mol. The first-order chi connectivity index (χ1) is 8.46. The Bertz CT molecular complexity index is 264. The molecule has 2 nitrogen and oxygen atoms in total. The maximum Gasteiger partial charge on any atom is 0.0580 e. The lowest BCUT2D eigenvalue weighted by Gasteiger charge is -2.40. The molecule has 0 bridgehead atoms. The van der Waals surface area contributed by atoms with E-state index in [9.17, 15) is 5.11 Å². The van der Waals surface area contributed by atoms with Crippen molar-refractivity contribution in [2.24, 2.45) is 17.3 Å². The van der Waals surface area contributed by atoms with E-state index in [1.807, 2.05) is 0 Å². The van der Waals surface area contributed by atoms with Gasteiger partial charge in [-0.25, -0.2) is 0 Å². The smallest absolute Gasteiger partial charge is 0.0580 e. The Morgan fingerprint density at radius 3 is 2.56 bits per heavy atom. The number of hydrogen-bond acceptors (Lipinski definition) is 2. The lowest BCUT2D eigenvalue weighted by molar-refractivity contribution is 0.0631. The molecule has 2 saturated carbocycles. The van der Waals surface area contributed by atoms with Gasteiger partial charge in [-0.1, -0.05) is 33.6 Å². The minimum absolute atomic E-state index is 0.0553. The van der Waals surface area contributed by atoms with Crippen molar-refractivity contribution in [1.82, 2.24) is 5.32 Å². The molecule has 4 unspecified atom stereocenters. The zero-order valence-electron chi connectivity index (χ0n) is 12.4. The lowest BCUT2D eigenvalue weighted by atomic mass is 9.70. The molecule has 0 aliphatic heterocycles. The van der Waals surface area contributed by atoms with Gasteiger partial charge in [-0.2, -0.15) is 0 Å². The molecule has 2 rings (SSSR count). The van der Waals surface area contributed by atoms with Crippen molar-refractivity contribution in [3.8, 4) is 0 Å². The molecule has 4 atom stereocenters. The molecular formula is C16H31NO. The maximum absolute atomic E-state index is 10.0. The second-order valence-electron chi connectivity index (χ2n) is 7.63. The molecule has 0 spiro atoms. The van der Waals surface area contributed by atoms with Crippen molar-refractivity contribution in [2.45, 2.75) is 77.9 Å². The number of nitrogens with one attached hydrogen (secondary N) is 1. The Morgan fingerprint density at radius 1 is 1.17 bits per heavy atom. The monoisotopic (exact) mass is 253 g/mol. The van der Waals surface area contributed by atoms with E-state index in [0.29, 0.717) is 17.4 Å². The van der Waals surface area contributed by atoms with E-state index in [2.05, 4.69) is 26.1 Å². The summed E-state index contributed by atoms with van der Waals surface area (Å²) in [5.41, 5.74) is 0.487. The molecule has 2 N–H and O–H groups in total. The van der Waals surface area contributed by atoms with Crippen LogP contribution in [0.4, 0.5) is 0 Å². The minimum Gasteiger partial charge on any atom is -0.393 e. The van der Waals surface area contributed by atoms with E-state index in [4.69, 9.17) is 0 Å². The third-order valence-corrected chi connectivity index (χ3v) is 4.92. The summed E-state index contributed by atoms with van der Waals surface area (Å²) >= 11 is 0. The molecule has 0 aromatic heterocycles. The average Bonchev–Trinajstić information content (AvgIpc) is 2.25. The van der Waals surface area contributed by atoms with Crippen LogP contribution in [-0.4, -0.2) is 23.8 Å². The van der Waals surface area contributed by atoms with Crippen LogP contribution in [0.5, 0.6) is 0 Å². The Morgan fingerprint density at radius 2 is 1.89 bits per heavy atom. The van der Waals surface area contributed by atoms with E-state index in [0.717, 1.165) is 18.9 Å². The molecule has 2 heteroatoms. The van der Waals surface area contributed by atoms with Gasteiger partial charge in [0, 0.05) is 12.6 Å². The van der Waals surface area contributed by atoms with E-state index in [1.165, 1.54) is 38.5 Å². The molecule has 0 heterocycles. The number of aliphatic hydroxyl groups is 1. The van der Waals surface area contributed by atoms with Gasteiger partial charge in [0.25, 0.3) is 0 Å². The second kappa shape index (κ2) is 5.92. The standard InChI is InChI=1S/C16H31NO/c1-12-8-14(10-16(2,3)9-12)17-11-13-6-4-5-7-15(13)18/h12-15,17-18H,4-11H2,1-3H3. The molecule has 18 heavy (non-hydrogen) atoms. The van der Waals surface area contributed by atoms with Gasteiger partial charge < -0.3 is 10.4 Å². The fraction of sp³-hybridized carbons (Fsp3) is 1.00. The normalized spacial score (nSPS) is 40.7. The Hall–Kier alpha value is -0.0800. The summed E-state index contributed by atoms with van der Waals surface area (Å²) < 4.78 is 0. The Labute approximate surface area is 113 Å². The molecule has 0 amide bonds. The quantitative estimate of drug-likeness (QED) is 0.808. The van der Waals surface area contributed by atoms with Gasteiger partial charge in [0.15, 0.2) is 0 Å². The van der Waals surface area contributed by atoms with Gasteiger partial charge in [-0.15, -0.1) is 0 Å². The second-order valence-corrected chi connectivity index (χ2v) is 7.63. The molecule has 2 fully saturated rings. The molecule has 106 valence electrons. The molecule has 0 aromatic rings. The highest BCUT2D eigenvalue weighted by Crippen LogP contribution is 2.38. The van der Waals surface area contributed by atoms with Crippen LogP contribution in [0.25, 0.3) is 0 Å². The SMILES string of the molecule is CC1CC(NCC2CCCCC2O)CC(C)(C)C1. The van der Waals surface area contributed by atoms with Crippen molar-refractivity contribution in [3.63, 3.8) is 0 Å². The summed E-state index contributed by atoms with van der Waals surface area (Å²) in [4.78, 5) is 0. The van der Waals surface area contributed by atoms with Crippen LogP contribution in [0.2, 0.25) is 0 Å². The van der Waals surface area contributed by atoms with Crippen LogP contribution in [0.1, 0.15) is 65.7 Å². The van der Waals surface area contributed by atoms with Gasteiger partial charge in [0.05, 0.1) is 6.10 Å². The van der Waals surface area contributed by atoms with Crippen LogP contribution in [0, 0.1) is 17.3 Å². The van der Waals surface area contributed by atoms with Gasteiger partial charge in [-0.3, -0.25) is 0 Å². The summed E-state index contributed by atoms with van der Waals surface area (Å²) in [5, 5.41) is 13.8. The third kappa shape index (κ3) is 3.96. The van der Waals surface area contributed by atoms with Gasteiger partial charge in [-0.05, 0) is 49.4 Å². The first-order valence-electron chi connectivity index (χ1n) is 7.88. The summed E-state index contributed by atoms with van der Waals surface area (Å²) in [6.07, 6.45) is 8.64. The predicted molar refractivity (Wildman–Crippen MR) is 76.6 cm³/mol. The zero-order valence-corrected chi connectivity index (χ0v) is 12.4. The van der Waals surface area contributed by atoms with Crippen molar-refractivity contribution < 1.29 is 5.11 Å². The largest absolute Gasteiger partial charge is 0.393 e. The summed E-state index contributed by atoms with van der Waals surface area (Å²) in [5.74, 6) is 1.33. The molecule has 0 saturated heterocycles. The van der Waals surface area contributed by atoms with Crippen LogP contribution in [0.3, 0.4) is 0 Å². The fourth-order valence-electron chi connectivity index (χ4n) is 4.25. The van der Waals surface area contributed by atoms with Gasteiger partial charge in [0.1, 0.15) is 0 Å². The minimum atomic E-state index is -0.0553. The first-order valence-corrected chi connectivity index (χ1v) is 7.88. The highest BCUT2D eigenvalue weighted by atomic mass is 16.3. The predicted octanol–water partition coefficient (Wildman–Crippen LogP) is 3.34. The fourth-order valence-corrected chi connectivity index (χ4v) is 4.25. The number of aliphatic hydroxyl groups excluding tert-OH is 1. The third-order valence-electron chi connectivity index (χ3n) is 4.92. The van der Waals surface area contributed by atoms with Crippen LogP contribution in [0.15, 0.2) is 0 Å². The highest BCUT2D eigenvalue weighted by molar-refractivity contribution is 4.87.